The van der Waals surface area contributed by atoms with Crippen LogP contribution in [-0.2, 0) is 6.54 Å². The topological polar surface area (TPSA) is 34.9 Å². The molecule has 3 nitrogen and oxygen atoms in total. The van der Waals surface area contributed by atoms with Gasteiger partial charge < -0.3 is 0 Å². The third kappa shape index (κ3) is 3.87. The van der Waals surface area contributed by atoms with Gasteiger partial charge in [0.15, 0.2) is 5.78 Å². The molecule has 17 heavy (non-hydrogen) atoms. The first-order chi connectivity index (χ1) is 8.25. The Morgan fingerprint density at radius 3 is 2.41 bits per heavy atom. The van der Waals surface area contributed by atoms with Crippen molar-refractivity contribution < 1.29 is 4.79 Å². The molecular formula is C14H18N2O. The van der Waals surface area contributed by atoms with Crippen LogP contribution in [0.15, 0.2) is 42.7 Å². The monoisotopic (exact) mass is 230 g/mol. The number of nitrogens with zero attached hydrogens (tertiary/aromatic N) is 2. The lowest BCUT2D eigenvalue weighted by Gasteiger charge is -2.00. The van der Waals surface area contributed by atoms with Gasteiger partial charge in [-0.2, -0.15) is 5.10 Å². The Kier molecular flexibility index (Phi) is 5.14. The maximum Gasteiger partial charge on any atom is 0.162 e. The average Bonchev–Trinajstić information content (AvgIpc) is 2.82. The fourth-order valence-electron chi connectivity index (χ4n) is 1.40. The molecular weight excluding hydrogens is 212 g/mol. The van der Waals surface area contributed by atoms with Crippen LogP contribution in [0.25, 0.3) is 0 Å². The third-order valence-electron chi connectivity index (χ3n) is 2.23. The number of hydrogen-bond donors (Lipinski definition) is 0. The summed E-state index contributed by atoms with van der Waals surface area (Å²) in [7, 11) is 0. The van der Waals surface area contributed by atoms with E-state index in [-0.39, 0.29) is 5.78 Å². The molecule has 0 atom stereocenters. The molecule has 0 saturated carbocycles. The highest BCUT2D eigenvalue weighted by atomic mass is 16.1. The minimum atomic E-state index is 0.0503. The largest absolute Gasteiger partial charge is 0.294 e. The maximum atomic E-state index is 11.1. The average molecular weight is 230 g/mol. The third-order valence-corrected chi connectivity index (χ3v) is 2.23. The number of carbonyl (C=O) groups excluding carboxylic acids is 1. The number of carbonyl (C=O) groups is 1. The van der Waals surface area contributed by atoms with Gasteiger partial charge in [-0.25, -0.2) is 0 Å². The number of benzene rings is 1. The first-order valence-corrected chi connectivity index (χ1v) is 5.83. The Morgan fingerprint density at radius 2 is 1.88 bits per heavy atom. The number of ketones is 1. The normalized spacial score (nSPS) is 9.35. The maximum absolute atomic E-state index is 11.1. The van der Waals surface area contributed by atoms with E-state index in [4.69, 9.17) is 0 Å². The van der Waals surface area contributed by atoms with Gasteiger partial charge in [0, 0.05) is 6.20 Å². The molecule has 0 spiro atoms. The molecule has 0 saturated heterocycles. The molecule has 1 heterocycles. The van der Waals surface area contributed by atoms with Crippen molar-refractivity contribution in [2.24, 2.45) is 0 Å². The van der Waals surface area contributed by atoms with E-state index in [1.165, 1.54) is 5.56 Å². The van der Waals surface area contributed by atoms with Crippen molar-refractivity contribution in [2.75, 3.05) is 0 Å². The Labute approximate surface area is 102 Å². The summed E-state index contributed by atoms with van der Waals surface area (Å²) in [6.45, 7) is 6.25. The quantitative estimate of drug-likeness (QED) is 0.759. The zero-order chi connectivity index (χ0) is 12.7. The second-order valence-corrected chi connectivity index (χ2v) is 3.47. The van der Waals surface area contributed by atoms with Gasteiger partial charge in [0.1, 0.15) is 0 Å². The van der Waals surface area contributed by atoms with E-state index in [2.05, 4.69) is 5.10 Å². The molecule has 2 aromatic rings. The van der Waals surface area contributed by atoms with Gasteiger partial charge in [-0.05, 0) is 12.5 Å². The Balaban J connectivity index is 0.000000686. The summed E-state index contributed by atoms with van der Waals surface area (Å²) < 4.78 is 1.77. The van der Waals surface area contributed by atoms with Crippen LogP contribution in [0, 0.1) is 0 Å². The zero-order valence-corrected chi connectivity index (χ0v) is 10.6. The predicted molar refractivity (Wildman–Crippen MR) is 69.1 cm³/mol. The van der Waals surface area contributed by atoms with Crippen molar-refractivity contribution in [1.29, 1.82) is 0 Å². The molecule has 90 valence electrons. The molecule has 0 fully saturated rings. The second-order valence-electron chi connectivity index (χ2n) is 3.47. The SMILES string of the molecule is CC.CC(=O)c1cnn(Cc2ccccc2)c1. The van der Waals surface area contributed by atoms with Crippen molar-refractivity contribution >= 4 is 5.78 Å². The van der Waals surface area contributed by atoms with Crippen LogP contribution in [0.5, 0.6) is 0 Å². The number of Topliss-reactive ketones (excluding diaryl/α,β-unsaturated/α-hetero) is 1. The molecule has 3 heteroatoms. The Bertz CT molecular complexity index is 460. The summed E-state index contributed by atoms with van der Waals surface area (Å²) in [5, 5.41) is 4.13. The highest BCUT2D eigenvalue weighted by Crippen LogP contribution is 2.04. The van der Waals surface area contributed by atoms with E-state index in [1.54, 1.807) is 24.0 Å². The summed E-state index contributed by atoms with van der Waals surface area (Å²) >= 11 is 0. The highest BCUT2D eigenvalue weighted by Gasteiger charge is 2.02. The van der Waals surface area contributed by atoms with Crippen molar-refractivity contribution in [1.82, 2.24) is 9.78 Å². The van der Waals surface area contributed by atoms with E-state index >= 15 is 0 Å². The molecule has 0 aliphatic heterocycles. The van der Waals surface area contributed by atoms with Gasteiger partial charge in [0.2, 0.25) is 0 Å². The fraction of sp³-hybridized carbons (Fsp3) is 0.286. The molecule has 1 aromatic carbocycles. The van der Waals surface area contributed by atoms with Gasteiger partial charge in [0.05, 0.1) is 18.3 Å². The summed E-state index contributed by atoms with van der Waals surface area (Å²) in [6.07, 6.45) is 3.38. The summed E-state index contributed by atoms with van der Waals surface area (Å²) in [4.78, 5) is 11.1. The van der Waals surface area contributed by atoms with E-state index in [9.17, 15) is 4.79 Å². The summed E-state index contributed by atoms with van der Waals surface area (Å²) in [5.41, 5.74) is 1.83. The van der Waals surface area contributed by atoms with E-state index < -0.39 is 0 Å². The van der Waals surface area contributed by atoms with Crippen molar-refractivity contribution in [3.8, 4) is 0 Å². The molecule has 0 aliphatic carbocycles. The summed E-state index contributed by atoms with van der Waals surface area (Å²) in [5.74, 6) is 0.0503. The molecule has 0 N–H and O–H groups in total. The fourth-order valence-corrected chi connectivity index (χ4v) is 1.40. The van der Waals surface area contributed by atoms with Gasteiger partial charge in [-0.1, -0.05) is 44.2 Å². The van der Waals surface area contributed by atoms with E-state index in [0.29, 0.717) is 12.1 Å². The lowest BCUT2D eigenvalue weighted by Crippen LogP contribution is -1.99. The lowest BCUT2D eigenvalue weighted by atomic mass is 10.2. The van der Waals surface area contributed by atoms with Crippen molar-refractivity contribution in [3.63, 3.8) is 0 Å². The van der Waals surface area contributed by atoms with Crippen molar-refractivity contribution in [3.05, 3.63) is 53.9 Å². The van der Waals surface area contributed by atoms with Gasteiger partial charge in [-0.15, -0.1) is 0 Å². The lowest BCUT2D eigenvalue weighted by molar-refractivity contribution is 0.101. The molecule has 0 radical (unpaired) electrons. The highest BCUT2D eigenvalue weighted by molar-refractivity contribution is 5.93. The molecule has 0 aliphatic rings. The molecule has 0 bridgehead atoms. The number of hydrogen-bond acceptors (Lipinski definition) is 2. The van der Waals surface area contributed by atoms with E-state index in [0.717, 1.165) is 0 Å². The minimum Gasteiger partial charge on any atom is -0.294 e. The van der Waals surface area contributed by atoms with Gasteiger partial charge in [0.25, 0.3) is 0 Å². The van der Waals surface area contributed by atoms with Crippen LogP contribution < -0.4 is 0 Å². The van der Waals surface area contributed by atoms with E-state index in [1.807, 2.05) is 44.2 Å². The van der Waals surface area contributed by atoms with Crippen LogP contribution in [-0.4, -0.2) is 15.6 Å². The van der Waals surface area contributed by atoms with Crippen LogP contribution in [0.3, 0.4) is 0 Å². The first kappa shape index (κ1) is 13.2. The van der Waals surface area contributed by atoms with Gasteiger partial charge in [-0.3, -0.25) is 9.48 Å². The first-order valence-electron chi connectivity index (χ1n) is 5.83. The Hall–Kier alpha value is -1.90. The number of rotatable bonds is 3. The van der Waals surface area contributed by atoms with Crippen LogP contribution in [0.2, 0.25) is 0 Å². The van der Waals surface area contributed by atoms with Gasteiger partial charge >= 0.3 is 0 Å². The minimum absolute atomic E-state index is 0.0503. The molecule has 1 aromatic heterocycles. The van der Waals surface area contributed by atoms with Crippen LogP contribution in [0.4, 0.5) is 0 Å². The molecule has 0 amide bonds. The smallest absolute Gasteiger partial charge is 0.162 e. The van der Waals surface area contributed by atoms with Crippen LogP contribution >= 0.6 is 0 Å². The number of aromatic nitrogens is 2. The molecule has 2 rings (SSSR count). The Morgan fingerprint density at radius 1 is 1.24 bits per heavy atom. The van der Waals surface area contributed by atoms with Crippen molar-refractivity contribution in [2.45, 2.75) is 27.3 Å². The molecule has 0 unspecified atom stereocenters. The second kappa shape index (κ2) is 6.63. The summed E-state index contributed by atoms with van der Waals surface area (Å²) in [6, 6.07) is 10.0. The zero-order valence-electron chi connectivity index (χ0n) is 10.6. The predicted octanol–water partition coefficient (Wildman–Crippen LogP) is 3.16. The van der Waals surface area contributed by atoms with Crippen LogP contribution in [0.1, 0.15) is 36.7 Å². The standard InChI is InChI=1S/C12H12N2O.C2H6/c1-10(15)12-7-13-14(9-12)8-11-5-3-2-4-6-11;1-2/h2-7,9H,8H2,1H3;1-2H3.